The Morgan fingerprint density at radius 1 is 1.33 bits per heavy atom. The molecule has 0 spiro atoms. The predicted octanol–water partition coefficient (Wildman–Crippen LogP) is 1.39. The van der Waals surface area contributed by atoms with Gasteiger partial charge in [0.1, 0.15) is 0 Å². The molecule has 1 saturated heterocycles. The van der Waals surface area contributed by atoms with E-state index < -0.39 is 0 Å². The van der Waals surface area contributed by atoms with Crippen LogP contribution in [0.15, 0.2) is 0 Å². The Morgan fingerprint density at radius 3 is 2.60 bits per heavy atom. The van der Waals surface area contributed by atoms with Crippen molar-refractivity contribution in [3.8, 4) is 0 Å². The van der Waals surface area contributed by atoms with Gasteiger partial charge in [-0.1, -0.05) is 12.8 Å². The summed E-state index contributed by atoms with van der Waals surface area (Å²) in [7, 11) is 0. The molecule has 2 rings (SSSR count). The van der Waals surface area contributed by atoms with Gasteiger partial charge in [-0.05, 0) is 32.7 Å². The van der Waals surface area contributed by atoms with Crippen molar-refractivity contribution in [2.45, 2.75) is 45.1 Å². The van der Waals surface area contributed by atoms with E-state index in [-0.39, 0.29) is 5.92 Å². The molecule has 2 aliphatic rings. The number of rotatable bonds is 3. The van der Waals surface area contributed by atoms with Crippen molar-refractivity contribution in [1.29, 1.82) is 0 Å². The highest BCUT2D eigenvalue weighted by molar-refractivity contribution is 5.79. The predicted molar refractivity (Wildman–Crippen MR) is 60.6 cm³/mol. The molecular weight excluding hydrogens is 188 g/mol. The first-order valence-electron chi connectivity index (χ1n) is 6.34. The summed E-state index contributed by atoms with van der Waals surface area (Å²) >= 11 is 0. The molecule has 0 bridgehead atoms. The number of carbonyl (C=O) groups is 1. The van der Waals surface area contributed by atoms with Crippen LogP contribution in [0.5, 0.6) is 0 Å². The number of hydrogen-bond donors (Lipinski definition) is 1. The average Bonchev–Trinajstić information content (AvgIpc) is 2.91. The Bertz CT molecular complexity index is 218. The fourth-order valence-corrected chi connectivity index (χ4v) is 2.91. The fourth-order valence-electron chi connectivity index (χ4n) is 2.91. The summed E-state index contributed by atoms with van der Waals surface area (Å²) in [6.07, 6.45) is 6.08. The maximum Gasteiger partial charge on any atom is 0.227 e. The Hall–Kier alpha value is -0.570. The topological polar surface area (TPSA) is 32.3 Å². The highest BCUT2D eigenvalue weighted by Gasteiger charge is 2.31. The van der Waals surface area contributed by atoms with Gasteiger partial charge in [0.2, 0.25) is 5.91 Å². The molecule has 0 aromatic heterocycles. The first kappa shape index (κ1) is 10.9. The molecule has 3 nitrogen and oxygen atoms in total. The van der Waals surface area contributed by atoms with Crippen molar-refractivity contribution >= 4 is 5.91 Å². The van der Waals surface area contributed by atoms with Gasteiger partial charge in [-0.15, -0.1) is 0 Å². The molecule has 1 N–H and O–H groups in total. The second kappa shape index (κ2) is 4.97. The molecule has 0 unspecified atom stereocenters. The van der Waals surface area contributed by atoms with Crippen LogP contribution in [0.2, 0.25) is 0 Å². The van der Waals surface area contributed by atoms with E-state index in [9.17, 15) is 4.79 Å². The molecule has 1 aliphatic heterocycles. The van der Waals surface area contributed by atoms with Gasteiger partial charge in [0.15, 0.2) is 0 Å². The quantitative estimate of drug-likeness (QED) is 0.763. The highest BCUT2D eigenvalue weighted by atomic mass is 16.2. The Kier molecular flexibility index (Phi) is 3.62. The molecule has 2 fully saturated rings. The number of nitrogens with one attached hydrogen (secondary N) is 1. The molecule has 1 saturated carbocycles. The van der Waals surface area contributed by atoms with Crippen LogP contribution >= 0.6 is 0 Å². The van der Waals surface area contributed by atoms with Gasteiger partial charge in [0, 0.05) is 19.1 Å². The molecule has 3 heteroatoms. The summed E-state index contributed by atoms with van der Waals surface area (Å²) in [5, 5.41) is 3.28. The third-order valence-electron chi connectivity index (χ3n) is 3.80. The van der Waals surface area contributed by atoms with Crippen LogP contribution in [-0.2, 0) is 4.79 Å². The van der Waals surface area contributed by atoms with E-state index in [1.54, 1.807) is 0 Å². The first-order valence-corrected chi connectivity index (χ1v) is 6.34. The lowest BCUT2D eigenvalue weighted by atomic mass is 10.1. The van der Waals surface area contributed by atoms with Crippen LogP contribution in [-0.4, -0.2) is 36.5 Å². The van der Waals surface area contributed by atoms with Gasteiger partial charge in [0.25, 0.3) is 0 Å². The van der Waals surface area contributed by atoms with Crippen molar-refractivity contribution in [2.75, 3.05) is 19.6 Å². The van der Waals surface area contributed by atoms with Gasteiger partial charge < -0.3 is 10.2 Å². The van der Waals surface area contributed by atoms with Crippen LogP contribution in [0.25, 0.3) is 0 Å². The molecule has 0 radical (unpaired) electrons. The normalized spacial score (nSPS) is 27.1. The van der Waals surface area contributed by atoms with Crippen molar-refractivity contribution in [2.24, 2.45) is 5.92 Å². The minimum absolute atomic E-state index is 0.255. The molecule has 1 amide bonds. The van der Waals surface area contributed by atoms with Crippen LogP contribution in [0, 0.1) is 5.92 Å². The lowest BCUT2D eigenvalue weighted by Gasteiger charge is -2.30. The largest absolute Gasteiger partial charge is 0.340 e. The number of hydrogen-bond acceptors (Lipinski definition) is 2. The minimum Gasteiger partial charge on any atom is -0.340 e. The van der Waals surface area contributed by atoms with E-state index in [2.05, 4.69) is 17.1 Å². The molecular formula is C12H22N2O. The van der Waals surface area contributed by atoms with Crippen LogP contribution in [0.1, 0.15) is 39.0 Å². The lowest BCUT2D eigenvalue weighted by molar-refractivity contribution is -0.136. The molecule has 1 heterocycles. The van der Waals surface area contributed by atoms with E-state index in [0.29, 0.717) is 11.9 Å². The second-order valence-corrected chi connectivity index (χ2v) is 4.75. The number of nitrogens with zero attached hydrogens (tertiary/aromatic N) is 1. The molecule has 15 heavy (non-hydrogen) atoms. The summed E-state index contributed by atoms with van der Waals surface area (Å²) in [5.41, 5.74) is 0. The zero-order valence-electron chi connectivity index (χ0n) is 9.67. The van der Waals surface area contributed by atoms with E-state index >= 15 is 0 Å². The van der Waals surface area contributed by atoms with Crippen molar-refractivity contribution in [3.05, 3.63) is 0 Å². The summed E-state index contributed by atoms with van der Waals surface area (Å²) in [6, 6.07) is 0.545. The third-order valence-corrected chi connectivity index (χ3v) is 3.80. The van der Waals surface area contributed by atoms with Gasteiger partial charge >= 0.3 is 0 Å². The Balaban J connectivity index is 1.95. The standard InChI is InChI=1S/C12H22N2O/c1-2-14(11-5-3-4-6-11)12(15)10-7-8-13-9-10/h10-11,13H,2-9H2,1H3/t10-/m0/s1. The van der Waals surface area contributed by atoms with Gasteiger partial charge in [-0.3, -0.25) is 4.79 Å². The second-order valence-electron chi connectivity index (χ2n) is 4.75. The zero-order chi connectivity index (χ0) is 10.7. The Morgan fingerprint density at radius 2 is 2.07 bits per heavy atom. The first-order chi connectivity index (χ1) is 7.33. The summed E-state index contributed by atoms with van der Waals surface area (Å²) in [6.45, 7) is 4.90. The smallest absolute Gasteiger partial charge is 0.227 e. The molecule has 1 aliphatic carbocycles. The lowest BCUT2D eigenvalue weighted by Crippen LogP contribution is -2.42. The van der Waals surface area contributed by atoms with Gasteiger partial charge in [0.05, 0.1) is 5.92 Å². The van der Waals surface area contributed by atoms with Crippen LogP contribution in [0.3, 0.4) is 0 Å². The molecule has 0 aromatic rings. The van der Waals surface area contributed by atoms with Crippen molar-refractivity contribution in [1.82, 2.24) is 10.2 Å². The maximum absolute atomic E-state index is 12.2. The van der Waals surface area contributed by atoms with Crippen LogP contribution < -0.4 is 5.32 Å². The van der Waals surface area contributed by atoms with Crippen molar-refractivity contribution in [3.63, 3.8) is 0 Å². The van der Waals surface area contributed by atoms with E-state index in [1.165, 1.54) is 25.7 Å². The van der Waals surface area contributed by atoms with Crippen molar-refractivity contribution < 1.29 is 4.79 Å². The van der Waals surface area contributed by atoms with Gasteiger partial charge in [-0.2, -0.15) is 0 Å². The molecule has 86 valence electrons. The number of carbonyl (C=O) groups excluding carboxylic acids is 1. The van der Waals surface area contributed by atoms with E-state index in [1.807, 2.05) is 0 Å². The van der Waals surface area contributed by atoms with E-state index in [4.69, 9.17) is 0 Å². The SMILES string of the molecule is CCN(C(=O)[C@H]1CCNC1)C1CCCC1. The highest BCUT2D eigenvalue weighted by Crippen LogP contribution is 2.25. The third kappa shape index (κ3) is 2.33. The molecule has 0 aromatic carbocycles. The van der Waals surface area contributed by atoms with Crippen LogP contribution in [0.4, 0.5) is 0 Å². The minimum atomic E-state index is 0.255. The summed E-state index contributed by atoms with van der Waals surface area (Å²) < 4.78 is 0. The summed E-state index contributed by atoms with van der Waals surface area (Å²) in [4.78, 5) is 14.4. The zero-order valence-corrected chi connectivity index (χ0v) is 9.67. The van der Waals surface area contributed by atoms with E-state index in [0.717, 1.165) is 26.1 Å². The molecule has 1 atom stereocenters. The average molecular weight is 210 g/mol. The van der Waals surface area contributed by atoms with Gasteiger partial charge in [-0.25, -0.2) is 0 Å². The summed E-state index contributed by atoms with van der Waals surface area (Å²) in [5.74, 6) is 0.653. The monoisotopic (exact) mass is 210 g/mol. The maximum atomic E-state index is 12.2. The Labute approximate surface area is 92.2 Å². The fraction of sp³-hybridized carbons (Fsp3) is 0.917. The number of amides is 1.